The summed E-state index contributed by atoms with van der Waals surface area (Å²) >= 11 is 5.98. The minimum atomic E-state index is -4.78. The Bertz CT molecular complexity index is 1570. The Morgan fingerprint density at radius 2 is 1.92 bits per heavy atom. The average molecular weight is 541 g/mol. The van der Waals surface area contributed by atoms with Crippen molar-refractivity contribution in [2.24, 2.45) is 0 Å². The standard InChI is InChI=1S/C22H16ClF3N4O5S/c1-11-3-4-13(8-15(11)22(24,25)26)36(33,34)29-16-7-12(23)9-28-19(16)20(31)18-14-5-6-27-21(14)30(32)10-17(18)35-2/h3-10,29,32H,1-2H3. The van der Waals surface area contributed by atoms with Crippen LogP contribution in [0.4, 0.5) is 18.9 Å². The molecule has 9 nitrogen and oxygen atoms in total. The molecular formula is C22H16ClF3N4O5S. The molecule has 14 heteroatoms. The number of nitrogens with zero attached hydrogens (tertiary/aromatic N) is 3. The van der Waals surface area contributed by atoms with Crippen molar-refractivity contribution in [2.75, 3.05) is 11.8 Å². The van der Waals surface area contributed by atoms with Crippen molar-refractivity contribution in [1.82, 2.24) is 14.7 Å². The first-order valence-corrected chi connectivity index (χ1v) is 11.8. The first-order chi connectivity index (χ1) is 16.8. The number of halogens is 4. The van der Waals surface area contributed by atoms with Gasteiger partial charge in [0.15, 0.2) is 11.6 Å². The Kier molecular flexibility index (Phi) is 6.31. The third-order valence-electron chi connectivity index (χ3n) is 5.24. The fraction of sp³-hybridized carbons (Fsp3) is 0.136. The van der Waals surface area contributed by atoms with E-state index in [-0.39, 0.29) is 39.0 Å². The molecule has 0 saturated carbocycles. The molecule has 0 radical (unpaired) electrons. The smallest absolute Gasteiger partial charge is 0.416 e. The number of ketones is 1. The number of sulfonamides is 1. The Hall–Kier alpha value is -3.84. The topological polar surface area (TPSA) is 123 Å². The number of anilines is 1. The van der Waals surface area contributed by atoms with Crippen molar-refractivity contribution >= 4 is 33.1 Å². The maximum atomic E-state index is 13.5. The predicted molar refractivity (Wildman–Crippen MR) is 122 cm³/mol. The van der Waals surface area contributed by atoms with E-state index in [1.54, 1.807) is 0 Å². The molecule has 0 bridgehead atoms. The zero-order valence-corrected chi connectivity index (χ0v) is 20.0. The van der Waals surface area contributed by atoms with Gasteiger partial charge in [0, 0.05) is 18.0 Å². The van der Waals surface area contributed by atoms with Gasteiger partial charge in [0.05, 0.1) is 40.0 Å². The molecule has 0 spiro atoms. The molecule has 3 heterocycles. The van der Waals surface area contributed by atoms with Gasteiger partial charge in [-0.15, -0.1) is 0 Å². The molecule has 188 valence electrons. The molecule has 0 amide bonds. The van der Waals surface area contributed by atoms with Gasteiger partial charge < -0.3 is 9.94 Å². The van der Waals surface area contributed by atoms with Crippen LogP contribution in [-0.2, 0) is 16.2 Å². The number of carbonyl (C=O) groups excluding carboxylic acids is 1. The van der Waals surface area contributed by atoms with E-state index in [9.17, 15) is 31.6 Å². The van der Waals surface area contributed by atoms with E-state index < -0.39 is 38.1 Å². The second-order valence-corrected chi connectivity index (χ2v) is 9.68. The largest absolute Gasteiger partial charge is 0.494 e. The maximum absolute atomic E-state index is 13.5. The van der Waals surface area contributed by atoms with E-state index >= 15 is 0 Å². The summed E-state index contributed by atoms with van der Waals surface area (Å²) in [6.07, 6.45) is -1.25. The van der Waals surface area contributed by atoms with Crippen molar-refractivity contribution in [3.8, 4) is 17.1 Å². The molecule has 36 heavy (non-hydrogen) atoms. The van der Waals surface area contributed by atoms with E-state index in [2.05, 4.69) is 14.7 Å². The quantitative estimate of drug-likeness (QED) is 0.270. The number of nitrogens with one attached hydrogen (secondary N) is 1. The number of pyridine rings is 2. The van der Waals surface area contributed by atoms with Crippen molar-refractivity contribution in [2.45, 2.75) is 18.0 Å². The minimum Gasteiger partial charge on any atom is -0.494 e. The van der Waals surface area contributed by atoms with Crippen LogP contribution < -0.4 is 9.46 Å². The van der Waals surface area contributed by atoms with Crippen molar-refractivity contribution in [3.05, 3.63) is 76.3 Å². The molecular weight excluding hydrogens is 525 g/mol. The number of hydrogen-bond acceptors (Lipinski definition) is 7. The molecule has 2 aliphatic heterocycles. The second kappa shape index (κ2) is 8.99. The number of aromatic nitrogens is 3. The Labute approximate surface area is 207 Å². The normalized spacial score (nSPS) is 12.1. The van der Waals surface area contributed by atoms with Gasteiger partial charge in [0.25, 0.3) is 10.0 Å². The van der Waals surface area contributed by atoms with Crippen LogP contribution in [0, 0.1) is 6.92 Å². The lowest BCUT2D eigenvalue weighted by Crippen LogP contribution is -2.19. The highest BCUT2D eigenvalue weighted by Crippen LogP contribution is 2.36. The van der Waals surface area contributed by atoms with Crippen LogP contribution >= 0.6 is 11.6 Å². The van der Waals surface area contributed by atoms with Crippen LogP contribution in [0.1, 0.15) is 27.2 Å². The highest BCUT2D eigenvalue weighted by Gasteiger charge is 2.34. The number of hydrogen-bond donors (Lipinski definition) is 2. The summed E-state index contributed by atoms with van der Waals surface area (Å²) in [4.78, 5) is 20.8. The molecule has 0 atom stereocenters. The van der Waals surface area contributed by atoms with Crippen molar-refractivity contribution in [1.29, 1.82) is 0 Å². The summed E-state index contributed by atoms with van der Waals surface area (Å²) in [5.74, 6) is -0.865. The number of fused-ring (bicyclic) bond motifs is 1. The monoisotopic (exact) mass is 540 g/mol. The number of carbonyl (C=O) groups is 1. The van der Waals surface area contributed by atoms with Crippen molar-refractivity contribution in [3.63, 3.8) is 0 Å². The highest BCUT2D eigenvalue weighted by atomic mass is 35.5. The lowest BCUT2D eigenvalue weighted by molar-refractivity contribution is -0.138. The van der Waals surface area contributed by atoms with Crippen LogP contribution in [-0.4, -0.2) is 41.2 Å². The molecule has 1 aromatic carbocycles. The van der Waals surface area contributed by atoms with Crippen molar-refractivity contribution < 1.29 is 36.3 Å². The number of benzene rings is 1. The van der Waals surface area contributed by atoms with Crippen LogP contribution in [0.15, 0.2) is 53.8 Å². The number of rotatable bonds is 6. The summed E-state index contributed by atoms with van der Waals surface area (Å²) in [5, 5.41) is 10.0. The Morgan fingerprint density at radius 3 is 2.58 bits per heavy atom. The summed E-state index contributed by atoms with van der Waals surface area (Å²) < 4.78 is 74.0. The minimum absolute atomic E-state index is 0.0228. The van der Waals surface area contributed by atoms with E-state index in [0.717, 1.165) is 30.6 Å². The lowest BCUT2D eigenvalue weighted by atomic mass is 10.0. The van der Waals surface area contributed by atoms with E-state index in [1.165, 1.54) is 26.3 Å². The summed E-state index contributed by atoms with van der Waals surface area (Å²) in [6, 6.07) is 5.06. The van der Waals surface area contributed by atoms with Gasteiger partial charge in [-0.3, -0.25) is 9.52 Å². The van der Waals surface area contributed by atoms with Crippen LogP contribution in [0.3, 0.4) is 0 Å². The fourth-order valence-electron chi connectivity index (χ4n) is 3.56. The number of methoxy groups -OCH3 is 1. The van der Waals surface area contributed by atoms with E-state index in [1.807, 2.05) is 0 Å². The third kappa shape index (κ3) is 4.54. The van der Waals surface area contributed by atoms with Gasteiger partial charge in [-0.05, 0) is 36.8 Å². The van der Waals surface area contributed by atoms with Crippen LogP contribution in [0.2, 0.25) is 5.02 Å². The van der Waals surface area contributed by atoms with Crippen LogP contribution in [0.25, 0.3) is 11.4 Å². The summed E-state index contributed by atoms with van der Waals surface area (Å²) in [5.41, 5.74) is -1.98. The molecule has 2 N–H and O–H groups in total. The molecule has 2 aromatic rings. The fourth-order valence-corrected chi connectivity index (χ4v) is 4.80. The van der Waals surface area contributed by atoms with Gasteiger partial charge in [-0.25, -0.2) is 18.4 Å². The van der Waals surface area contributed by atoms with Gasteiger partial charge in [0.1, 0.15) is 5.69 Å². The molecule has 0 aliphatic carbocycles. The maximum Gasteiger partial charge on any atom is 0.416 e. The van der Waals surface area contributed by atoms with Gasteiger partial charge in [-0.1, -0.05) is 17.7 Å². The zero-order chi connectivity index (χ0) is 26.4. The Balaban J connectivity index is 1.82. The molecule has 2 aliphatic rings. The molecule has 0 fully saturated rings. The average Bonchev–Trinajstić information content (AvgIpc) is 3.28. The Morgan fingerprint density at radius 1 is 1.19 bits per heavy atom. The van der Waals surface area contributed by atoms with Gasteiger partial charge >= 0.3 is 6.18 Å². The zero-order valence-electron chi connectivity index (χ0n) is 18.5. The lowest BCUT2D eigenvalue weighted by Gasteiger charge is -2.17. The second-order valence-electron chi connectivity index (χ2n) is 7.56. The third-order valence-corrected chi connectivity index (χ3v) is 6.81. The summed E-state index contributed by atoms with van der Waals surface area (Å²) in [6.45, 7) is 1.20. The van der Waals surface area contributed by atoms with Gasteiger partial charge in [0.2, 0.25) is 5.78 Å². The SMILES string of the molecule is COc1cn(O)c2nccc-2c1C(=O)c1ncc(Cl)cc1NS(=O)(=O)c1ccc(C)c(C(F)(F)F)c1. The molecule has 0 unspecified atom stereocenters. The van der Waals surface area contributed by atoms with E-state index in [0.29, 0.717) is 10.8 Å². The molecule has 1 aromatic heterocycles. The first-order valence-electron chi connectivity index (χ1n) is 9.97. The highest BCUT2D eigenvalue weighted by molar-refractivity contribution is 7.92. The van der Waals surface area contributed by atoms with Gasteiger partial charge in [-0.2, -0.15) is 17.9 Å². The first kappa shape index (κ1) is 25.3. The van der Waals surface area contributed by atoms with E-state index in [4.69, 9.17) is 16.3 Å². The molecule has 0 saturated heterocycles. The summed E-state index contributed by atoms with van der Waals surface area (Å²) in [7, 11) is -3.36. The number of ether oxygens (including phenoxy) is 1. The predicted octanol–water partition coefficient (Wildman–Crippen LogP) is 4.64. The van der Waals surface area contributed by atoms with Crippen LogP contribution in [0.5, 0.6) is 5.75 Å². The molecule has 4 rings (SSSR count). The number of aryl methyl sites for hydroxylation is 1. The number of alkyl halides is 3.